The highest BCUT2D eigenvalue weighted by Gasteiger charge is 2.15. The van der Waals surface area contributed by atoms with Crippen LogP contribution in [0.3, 0.4) is 0 Å². The van der Waals surface area contributed by atoms with Crippen LogP contribution in [0, 0.1) is 4.77 Å². The summed E-state index contributed by atoms with van der Waals surface area (Å²) in [4.78, 5) is 14.5. The second-order valence-electron chi connectivity index (χ2n) is 4.80. The maximum atomic E-state index is 11.9. The van der Waals surface area contributed by atoms with Gasteiger partial charge in [-0.2, -0.15) is 0 Å². The number of aromatic nitrogens is 2. The van der Waals surface area contributed by atoms with Crippen molar-refractivity contribution < 1.29 is 9.47 Å². The molecule has 132 valence electrons. The Kier molecular flexibility index (Phi) is 7.75. The molecule has 0 spiro atoms. The summed E-state index contributed by atoms with van der Waals surface area (Å²) in [6, 6.07) is 4.84. The fourth-order valence-corrected chi connectivity index (χ4v) is 2.81. The summed E-state index contributed by atoms with van der Waals surface area (Å²) < 4.78 is 12.7. The quantitative estimate of drug-likeness (QED) is 0.739. The molecule has 0 aliphatic rings. The van der Waals surface area contributed by atoms with Gasteiger partial charge in [0.25, 0.3) is 5.56 Å². The molecule has 0 aliphatic heterocycles. The average molecular weight is 392 g/mol. The second-order valence-corrected chi connectivity index (χ2v) is 5.60. The van der Waals surface area contributed by atoms with Crippen LogP contribution >= 0.6 is 36.2 Å². The summed E-state index contributed by atoms with van der Waals surface area (Å²) in [6.45, 7) is 1.09. The van der Waals surface area contributed by atoms with E-state index in [1.807, 2.05) is 4.57 Å². The van der Waals surface area contributed by atoms with Crippen LogP contribution in [0.4, 0.5) is 0 Å². The molecule has 0 bridgehead atoms. The lowest BCUT2D eigenvalue weighted by Crippen LogP contribution is -2.16. The van der Waals surface area contributed by atoms with Crippen molar-refractivity contribution in [3.8, 4) is 22.8 Å². The first-order valence-corrected chi connectivity index (χ1v) is 7.76. The Morgan fingerprint density at radius 1 is 1.25 bits per heavy atom. The van der Waals surface area contributed by atoms with Crippen LogP contribution < -0.4 is 20.8 Å². The minimum atomic E-state index is -0.289. The molecule has 9 heteroatoms. The molecule has 0 unspecified atom stereocenters. The van der Waals surface area contributed by atoms with Gasteiger partial charge in [-0.3, -0.25) is 9.78 Å². The first-order valence-electron chi connectivity index (χ1n) is 6.98. The van der Waals surface area contributed by atoms with Gasteiger partial charge in [0, 0.05) is 24.2 Å². The van der Waals surface area contributed by atoms with Crippen molar-refractivity contribution in [1.29, 1.82) is 0 Å². The molecule has 3 N–H and O–H groups in total. The monoisotopic (exact) mass is 391 g/mol. The van der Waals surface area contributed by atoms with Crippen LogP contribution in [0.5, 0.6) is 11.5 Å². The number of halogens is 2. The summed E-state index contributed by atoms with van der Waals surface area (Å²) in [5, 5.41) is 0.417. The highest BCUT2D eigenvalue weighted by atomic mass is 35.5. The molecule has 0 saturated carbocycles. The summed E-state index contributed by atoms with van der Waals surface area (Å²) >= 11 is 11.5. The smallest absolute Gasteiger partial charge is 0.252 e. The number of benzene rings is 1. The van der Waals surface area contributed by atoms with Gasteiger partial charge >= 0.3 is 0 Å². The largest absolute Gasteiger partial charge is 0.496 e. The van der Waals surface area contributed by atoms with Crippen LogP contribution in [0.1, 0.15) is 6.42 Å². The molecule has 0 radical (unpaired) electrons. The molecule has 2 rings (SSSR count). The zero-order valence-electron chi connectivity index (χ0n) is 13.3. The van der Waals surface area contributed by atoms with Gasteiger partial charge in [-0.15, -0.1) is 12.4 Å². The molecule has 0 amide bonds. The van der Waals surface area contributed by atoms with Crippen LogP contribution in [0.15, 0.2) is 23.0 Å². The molecule has 1 heterocycles. The number of aromatic amines is 1. The minimum absolute atomic E-state index is 0. The fraction of sp³-hybridized carbons (Fsp3) is 0.333. The standard InChI is InChI=1S/C15H18ClN3O3S.ClH/c1-21-12-8-13(22-2)10(16)6-9(12)11-7-14(20)18-15(23)19(11)5-3-4-17;/h6-8H,3-5,17H2,1-2H3,(H,18,20,23);1H. The van der Waals surface area contributed by atoms with E-state index in [0.29, 0.717) is 45.6 Å². The van der Waals surface area contributed by atoms with E-state index < -0.39 is 0 Å². The lowest BCUT2D eigenvalue weighted by Gasteiger charge is -2.17. The SMILES string of the molecule is COc1cc(OC)c(-c2cc(=O)[nH]c(=S)n2CCCN)cc1Cl.Cl. The first-order chi connectivity index (χ1) is 11.0. The van der Waals surface area contributed by atoms with Crippen LogP contribution in [-0.2, 0) is 6.54 Å². The Morgan fingerprint density at radius 3 is 2.50 bits per heavy atom. The van der Waals surface area contributed by atoms with E-state index in [9.17, 15) is 4.79 Å². The maximum absolute atomic E-state index is 11.9. The molecule has 24 heavy (non-hydrogen) atoms. The number of ether oxygens (including phenoxy) is 2. The van der Waals surface area contributed by atoms with Crippen LogP contribution in [0.2, 0.25) is 5.02 Å². The lowest BCUT2D eigenvalue weighted by atomic mass is 10.1. The third kappa shape index (κ3) is 4.30. The molecule has 0 atom stereocenters. The molecular weight excluding hydrogens is 373 g/mol. The number of nitrogens with zero attached hydrogens (tertiary/aromatic N) is 1. The molecule has 6 nitrogen and oxygen atoms in total. The molecular formula is C15H19Cl2N3O3S. The number of nitrogens with one attached hydrogen (secondary N) is 1. The number of hydrogen-bond donors (Lipinski definition) is 2. The number of rotatable bonds is 6. The predicted octanol–water partition coefficient (Wildman–Crippen LogP) is 3.01. The van der Waals surface area contributed by atoms with Gasteiger partial charge in [0.1, 0.15) is 11.5 Å². The van der Waals surface area contributed by atoms with Crippen LogP contribution in [0.25, 0.3) is 11.3 Å². The molecule has 0 aliphatic carbocycles. The van der Waals surface area contributed by atoms with E-state index in [-0.39, 0.29) is 18.0 Å². The van der Waals surface area contributed by atoms with Crippen molar-refractivity contribution in [2.45, 2.75) is 13.0 Å². The van der Waals surface area contributed by atoms with E-state index in [1.165, 1.54) is 20.3 Å². The summed E-state index contributed by atoms with van der Waals surface area (Å²) in [5.74, 6) is 1.02. The second kappa shape index (κ2) is 9.08. The zero-order chi connectivity index (χ0) is 17.0. The minimum Gasteiger partial charge on any atom is -0.496 e. The molecule has 1 aromatic heterocycles. The number of methoxy groups -OCH3 is 2. The van der Waals surface area contributed by atoms with E-state index in [0.717, 1.165) is 6.42 Å². The summed E-state index contributed by atoms with van der Waals surface area (Å²) in [7, 11) is 3.06. The summed E-state index contributed by atoms with van der Waals surface area (Å²) in [5.41, 5.74) is 6.57. The Balaban J connectivity index is 0.00000288. The highest BCUT2D eigenvalue weighted by molar-refractivity contribution is 7.71. The molecule has 0 fully saturated rings. The van der Waals surface area contributed by atoms with Crippen molar-refractivity contribution in [3.05, 3.63) is 38.3 Å². The Morgan fingerprint density at radius 2 is 1.92 bits per heavy atom. The number of H-pyrrole nitrogens is 1. The highest BCUT2D eigenvalue weighted by Crippen LogP contribution is 2.38. The van der Waals surface area contributed by atoms with Gasteiger partial charge in [0.05, 0.1) is 24.9 Å². The predicted molar refractivity (Wildman–Crippen MR) is 100 cm³/mol. The fourth-order valence-electron chi connectivity index (χ4n) is 2.28. The number of nitrogens with two attached hydrogens (primary N) is 1. The van der Waals surface area contributed by atoms with E-state index >= 15 is 0 Å². The van der Waals surface area contributed by atoms with E-state index in [1.54, 1.807) is 12.1 Å². The topological polar surface area (TPSA) is 82.3 Å². The Hall–Kier alpha value is -1.54. The maximum Gasteiger partial charge on any atom is 0.252 e. The third-order valence-electron chi connectivity index (χ3n) is 3.37. The third-order valence-corrected chi connectivity index (χ3v) is 3.99. The van der Waals surface area contributed by atoms with Gasteiger partial charge in [-0.25, -0.2) is 0 Å². The Bertz CT molecular complexity index is 821. The average Bonchev–Trinajstić information content (AvgIpc) is 2.53. The Labute approximate surface area is 156 Å². The molecule has 1 aromatic carbocycles. The van der Waals surface area contributed by atoms with Gasteiger partial charge in [-0.05, 0) is 31.2 Å². The van der Waals surface area contributed by atoms with Crippen molar-refractivity contribution >= 4 is 36.2 Å². The van der Waals surface area contributed by atoms with Gasteiger partial charge in [0.2, 0.25) is 0 Å². The van der Waals surface area contributed by atoms with E-state index in [2.05, 4.69) is 4.98 Å². The van der Waals surface area contributed by atoms with Crippen LogP contribution in [-0.4, -0.2) is 30.3 Å². The van der Waals surface area contributed by atoms with Crippen molar-refractivity contribution in [2.75, 3.05) is 20.8 Å². The normalized spacial score (nSPS) is 10.2. The van der Waals surface area contributed by atoms with Gasteiger partial charge < -0.3 is 19.8 Å². The summed E-state index contributed by atoms with van der Waals surface area (Å²) in [6.07, 6.45) is 0.722. The van der Waals surface area contributed by atoms with Crippen molar-refractivity contribution in [2.24, 2.45) is 5.73 Å². The number of hydrogen-bond acceptors (Lipinski definition) is 5. The van der Waals surface area contributed by atoms with Gasteiger partial charge in [-0.1, -0.05) is 11.6 Å². The van der Waals surface area contributed by atoms with E-state index in [4.69, 9.17) is 39.0 Å². The molecule has 0 saturated heterocycles. The van der Waals surface area contributed by atoms with Crippen molar-refractivity contribution in [1.82, 2.24) is 9.55 Å². The van der Waals surface area contributed by atoms with Gasteiger partial charge in [0.15, 0.2) is 4.77 Å². The zero-order valence-corrected chi connectivity index (χ0v) is 15.7. The molecule has 2 aromatic rings. The van der Waals surface area contributed by atoms with Crippen molar-refractivity contribution in [3.63, 3.8) is 0 Å². The first kappa shape index (κ1) is 20.5. The lowest BCUT2D eigenvalue weighted by molar-refractivity contribution is 0.395.